The van der Waals surface area contributed by atoms with Gasteiger partial charge in [0.15, 0.2) is 0 Å². The van der Waals surface area contributed by atoms with Gasteiger partial charge in [-0.1, -0.05) is 35.7 Å². The van der Waals surface area contributed by atoms with E-state index in [-0.39, 0.29) is 12.3 Å². The molecule has 0 saturated heterocycles. The predicted molar refractivity (Wildman–Crippen MR) is 83.5 cm³/mol. The van der Waals surface area contributed by atoms with E-state index in [1.807, 2.05) is 6.92 Å². The first-order chi connectivity index (χ1) is 9.97. The summed E-state index contributed by atoms with van der Waals surface area (Å²) < 4.78 is 5.91. The maximum absolute atomic E-state index is 12.0. The Labute approximate surface area is 132 Å². The van der Waals surface area contributed by atoms with Crippen molar-refractivity contribution in [3.63, 3.8) is 0 Å². The minimum Gasteiger partial charge on any atom is -0.497 e. The molecule has 0 aliphatic rings. The van der Waals surface area contributed by atoms with Gasteiger partial charge in [-0.3, -0.25) is 4.79 Å². The average molecular weight is 358 g/mol. The van der Waals surface area contributed by atoms with Gasteiger partial charge in [0.05, 0.1) is 13.5 Å². The predicted octanol–water partition coefficient (Wildman–Crippen LogP) is 2.76. The molecule has 2 N–H and O–H groups in total. The Hall–Kier alpha value is -1.56. The third-order valence-corrected chi connectivity index (χ3v) is 3.86. The van der Waals surface area contributed by atoms with E-state index in [0.29, 0.717) is 12.2 Å². The van der Waals surface area contributed by atoms with Crippen LogP contribution < -0.4 is 10.1 Å². The maximum Gasteiger partial charge on any atom is 0.326 e. The Balaban J connectivity index is 2.69. The number of benzene rings is 1. The largest absolute Gasteiger partial charge is 0.497 e. The molecular formula is C15H20BrNO4. The number of nitrogens with one attached hydrogen (secondary N) is 1. The number of rotatable bonds is 8. The highest BCUT2D eigenvalue weighted by molar-refractivity contribution is 9.10. The van der Waals surface area contributed by atoms with Crippen molar-refractivity contribution in [2.45, 2.75) is 38.6 Å². The second kappa shape index (κ2) is 8.67. The van der Waals surface area contributed by atoms with Crippen LogP contribution in [0.5, 0.6) is 5.75 Å². The van der Waals surface area contributed by atoms with Crippen molar-refractivity contribution in [3.05, 3.63) is 28.2 Å². The van der Waals surface area contributed by atoms with Crippen molar-refractivity contribution >= 4 is 27.8 Å². The van der Waals surface area contributed by atoms with Gasteiger partial charge in [0, 0.05) is 4.47 Å². The van der Waals surface area contributed by atoms with Gasteiger partial charge >= 0.3 is 5.97 Å². The molecule has 0 unspecified atom stereocenters. The number of carboxylic acid groups (broad SMARTS) is 1. The summed E-state index contributed by atoms with van der Waals surface area (Å²) in [5.74, 6) is -0.657. The fraction of sp³-hybridized carbons (Fsp3) is 0.467. The van der Waals surface area contributed by atoms with Crippen LogP contribution in [0.2, 0.25) is 0 Å². The number of unbranched alkanes of at least 4 members (excludes halogenated alkanes) is 1. The van der Waals surface area contributed by atoms with Crippen LogP contribution in [0.3, 0.4) is 0 Å². The average Bonchev–Trinajstić information content (AvgIpc) is 2.45. The number of amides is 1. The van der Waals surface area contributed by atoms with Crippen LogP contribution in [0.1, 0.15) is 31.7 Å². The van der Waals surface area contributed by atoms with Crippen LogP contribution in [0.15, 0.2) is 22.7 Å². The Morgan fingerprint density at radius 2 is 2.14 bits per heavy atom. The van der Waals surface area contributed by atoms with Crippen LogP contribution in [-0.2, 0) is 16.0 Å². The lowest BCUT2D eigenvalue weighted by Crippen LogP contribution is -2.41. The Kier molecular flexibility index (Phi) is 7.22. The fourth-order valence-electron chi connectivity index (χ4n) is 1.90. The van der Waals surface area contributed by atoms with Crippen molar-refractivity contribution in [1.82, 2.24) is 5.32 Å². The van der Waals surface area contributed by atoms with Crippen molar-refractivity contribution < 1.29 is 19.4 Å². The van der Waals surface area contributed by atoms with Crippen molar-refractivity contribution in [2.75, 3.05) is 7.11 Å². The highest BCUT2D eigenvalue weighted by Gasteiger charge is 2.19. The van der Waals surface area contributed by atoms with E-state index in [4.69, 9.17) is 9.84 Å². The van der Waals surface area contributed by atoms with Crippen LogP contribution in [0.4, 0.5) is 0 Å². The van der Waals surface area contributed by atoms with Gasteiger partial charge in [-0.05, 0) is 30.2 Å². The molecule has 0 aliphatic carbocycles. The second-order valence-corrected chi connectivity index (χ2v) is 5.59. The number of carboxylic acids is 1. The number of hydrogen-bond acceptors (Lipinski definition) is 3. The SMILES string of the molecule is CCCC[C@H](NC(=O)Cc1cc(OC)ccc1Br)C(=O)O. The molecule has 0 fully saturated rings. The zero-order valence-corrected chi connectivity index (χ0v) is 13.8. The third-order valence-electron chi connectivity index (χ3n) is 3.08. The van der Waals surface area contributed by atoms with Crippen LogP contribution >= 0.6 is 15.9 Å². The molecule has 0 aromatic heterocycles. The molecule has 0 spiro atoms. The number of halogens is 1. The number of methoxy groups -OCH3 is 1. The van der Waals surface area contributed by atoms with E-state index in [0.717, 1.165) is 22.9 Å². The number of carbonyl (C=O) groups excluding carboxylic acids is 1. The summed E-state index contributed by atoms with van der Waals surface area (Å²) in [6, 6.07) is 4.51. The molecule has 5 nitrogen and oxygen atoms in total. The van der Waals surface area contributed by atoms with Crippen LogP contribution in [-0.4, -0.2) is 30.1 Å². The highest BCUT2D eigenvalue weighted by atomic mass is 79.9. The summed E-state index contributed by atoms with van der Waals surface area (Å²) in [5.41, 5.74) is 0.756. The zero-order chi connectivity index (χ0) is 15.8. The molecule has 1 amide bonds. The Morgan fingerprint density at radius 3 is 2.71 bits per heavy atom. The first-order valence-corrected chi connectivity index (χ1v) is 7.61. The Bertz CT molecular complexity index is 504. The minimum atomic E-state index is -0.999. The van der Waals surface area contributed by atoms with E-state index in [9.17, 15) is 9.59 Å². The maximum atomic E-state index is 12.0. The van der Waals surface area contributed by atoms with Gasteiger partial charge in [0.2, 0.25) is 5.91 Å². The van der Waals surface area contributed by atoms with E-state index in [2.05, 4.69) is 21.2 Å². The summed E-state index contributed by atoms with van der Waals surface area (Å²) in [7, 11) is 1.55. The molecule has 0 bridgehead atoms. The minimum absolute atomic E-state index is 0.105. The van der Waals surface area contributed by atoms with Crippen molar-refractivity contribution in [3.8, 4) is 5.75 Å². The van der Waals surface area contributed by atoms with E-state index >= 15 is 0 Å². The van der Waals surface area contributed by atoms with Gasteiger partial charge in [-0.25, -0.2) is 4.79 Å². The molecule has 1 atom stereocenters. The molecule has 0 heterocycles. The van der Waals surface area contributed by atoms with Crippen molar-refractivity contribution in [1.29, 1.82) is 0 Å². The second-order valence-electron chi connectivity index (χ2n) is 4.73. The highest BCUT2D eigenvalue weighted by Crippen LogP contribution is 2.22. The summed E-state index contributed by atoms with van der Waals surface area (Å²) in [4.78, 5) is 23.1. The molecule has 1 aromatic carbocycles. The number of hydrogen-bond donors (Lipinski definition) is 2. The molecular weight excluding hydrogens is 338 g/mol. The first kappa shape index (κ1) is 17.5. The summed E-state index contributed by atoms with van der Waals surface area (Å²) in [5, 5.41) is 11.7. The van der Waals surface area contributed by atoms with Gasteiger partial charge < -0.3 is 15.2 Å². The molecule has 116 valence electrons. The zero-order valence-electron chi connectivity index (χ0n) is 12.2. The van der Waals surface area contributed by atoms with Crippen LogP contribution in [0, 0.1) is 0 Å². The van der Waals surface area contributed by atoms with Crippen LogP contribution in [0.25, 0.3) is 0 Å². The van der Waals surface area contributed by atoms with Gasteiger partial charge in [0.25, 0.3) is 0 Å². The lowest BCUT2D eigenvalue weighted by atomic mass is 10.1. The standard InChI is InChI=1S/C15H20BrNO4/c1-3-4-5-13(15(19)20)17-14(18)9-10-8-11(21-2)6-7-12(10)16/h6-8,13H,3-5,9H2,1-2H3,(H,17,18)(H,19,20)/t13-/m0/s1. The van der Waals surface area contributed by atoms with Crippen molar-refractivity contribution in [2.24, 2.45) is 0 Å². The third kappa shape index (κ3) is 5.75. The fourth-order valence-corrected chi connectivity index (χ4v) is 2.28. The number of ether oxygens (including phenoxy) is 1. The summed E-state index contributed by atoms with van der Waals surface area (Å²) >= 11 is 3.37. The van der Waals surface area contributed by atoms with Gasteiger partial charge in [-0.2, -0.15) is 0 Å². The number of aliphatic carboxylic acids is 1. The molecule has 0 saturated carbocycles. The van der Waals surface area contributed by atoms with Gasteiger partial charge in [-0.15, -0.1) is 0 Å². The molecule has 21 heavy (non-hydrogen) atoms. The Morgan fingerprint density at radius 1 is 1.43 bits per heavy atom. The quantitative estimate of drug-likeness (QED) is 0.749. The molecule has 0 aliphatic heterocycles. The molecule has 1 rings (SSSR count). The van der Waals surface area contributed by atoms with E-state index in [1.165, 1.54) is 0 Å². The smallest absolute Gasteiger partial charge is 0.326 e. The normalized spacial score (nSPS) is 11.8. The van der Waals surface area contributed by atoms with E-state index in [1.54, 1.807) is 25.3 Å². The molecule has 6 heteroatoms. The molecule has 0 radical (unpaired) electrons. The summed E-state index contributed by atoms with van der Waals surface area (Å²) in [6.07, 6.45) is 2.20. The monoisotopic (exact) mass is 357 g/mol. The number of carbonyl (C=O) groups is 2. The topological polar surface area (TPSA) is 75.6 Å². The molecule has 1 aromatic rings. The lowest BCUT2D eigenvalue weighted by Gasteiger charge is -2.14. The first-order valence-electron chi connectivity index (χ1n) is 6.82. The lowest BCUT2D eigenvalue weighted by molar-refractivity contribution is -0.142. The summed E-state index contributed by atoms with van der Waals surface area (Å²) in [6.45, 7) is 1.98. The van der Waals surface area contributed by atoms with E-state index < -0.39 is 12.0 Å². The van der Waals surface area contributed by atoms with Gasteiger partial charge in [0.1, 0.15) is 11.8 Å².